The second-order valence-electron chi connectivity index (χ2n) is 6.22. The highest BCUT2D eigenvalue weighted by Gasteiger charge is 2.39. The van der Waals surface area contributed by atoms with Gasteiger partial charge in [0.15, 0.2) is 0 Å². The molecule has 2 aromatic rings. The third-order valence-electron chi connectivity index (χ3n) is 4.49. The molecule has 0 aromatic heterocycles. The van der Waals surface area contributed by atoms with Gasteiger partial charge in [-0.2, -0.15) is 0 Å². The predicted molar refractivity (Wildman–Crippen MR) is 104 cm³/mol. The van der Waals surface area contributed by atoms with Crippen LogP contribution in [0.5, 0.6) is 0 Å². The molecule has 27 heavy (non-hydrogen) atoms. The lowest BCUT2D eigenvalue weighted by atomic mass is 9.92. The number of carbonyl (C=O) groups excluding carboxylic acids is 2. The van der Waals surface area contributed by atoms with E-state index in [1.54, 1.807) is 12.3 Å². The third kappa shape index (κ3) is 3.53. The van der Waals surface area contributed by atoms with Crippen LogP contribution in [0.1, 0.15) is 22.7 Å². The Kier molecular flexibility index (Phi) is 4.81. The highest BCUT2D eigenvalue weighted by atomic mass is 79.9. The zero-order valence-electron chi connectivity index (χ0n) is 14.2. The van der Waals surface area contributed by atoms with Crippen LogP contribution in [-0.4, -0.2) is 23.1 Å². The molecular weight excluding hydrogens is 410 g/mol. The molecule has 4 rings (SSSR count). The van der Waals surface area contributed by atoms with Gasteiger partial charge in [0, 0.05) is 16.8 Å². The summed E-state index contributed by atoms with van der Waals surface area (Å²) in [5, 5.41) is 0. The van der Waals surface area contributed by atoms with Gasteiger partial charge in [-0.1, -0.05) is 54.6 Å². The van der Waals surface area contributed by atoms with Crippen LogP contribution in [0, 0.1) is 0 Å². The topological polar surface area (TPSA) is 55.8 Å². The Bertz CT molecular complexity index is 938. The summed E-state index contributed by atoms with van der Waals surface area (Å²) in [4.78, 5) is 25.9. The Morgan fingerprint density at radius 1 is 1.11 bits per heavy atom. The zero-order valence-corrected chi connectivity index (χ0v) is 15.8. The van der Waals surface area contributed by atoms with Crippen LogP contribution in [0.15, 0.2) is 72.9 Å². The van der Waals surface area contributed by atoms with Gasteiger partial charge < -0.3 is 9.47 Å². The van der Waals surface area contributed by atoms with E-state index in [2.05, 4.69) is 15.9 Å². The molecule has 1 amide bonds. The lowest BCUT2D eigenvalue weighted by Crippen LogP contribution is -2.39. The van der Waals surface area contributed by atoms with Crippen LogP contribution in [0.25, 0.3) is 4.48 Å². The third-order valence-corrected chi connectivity index (χ3v) is 5.12. The number of amides is 1. The summed E-state index contributed by atoms with van der Waals surface area (Å²) in [6.07, 6.45) is 3.66. The number of benzene rings is 2. The number of carbonyl (C=O) groups is 2. The van der Waals surface area contributed by atoms with E-state index in [-0.39, 0.29) is 6.61 Å². The molecule has 0 unspecified atom stereocenters. The normalized spacial score (nSPS) is 20.7. The molecule has 0 N–H and O–H groups in total. The number of hydrogen-bond acceptors (Lipinski definition) is 4. The van der Waals surface area contributed by atoms with Gasteiger partial charge in [0.25, 0.3) is 0 Å². The molecule has 6 heteroatoms. The summed E-state index contributed by atoms with van der Waals surface area (Å²) in [5.74, 6) is -0.413. The van der Waals surface area contributed by atoms with E-state index < -0.39 is 24.2 Å². The Hall–Kier alpha value is -2.86. The molecule has 2 aliphatic heterocycles. The smallest absolute Gasteiger partial charge is 0.414 e. The molecule has 0 fully saturated rings. The minimum atomic E-state index is -0.570. The molecule has 2 atom stereocenters. The van der Waals surface area contributed by atoms with Crippen molar-refractivity contribution in [1.29, 1.82) is 0 Å². The Morgan fingerprint density at radius 2 is 1.85 bits per heavy atom. The summed E-state index contributed by atoms with van der Waals surface area (Å²) in [7, 11) is 0. The van der Waals surface area contributed by atoms with Crippen molar-refractivity contribution in [2.75, 3.05) is 0 Å². The van der Waals surface area contributed by atoms with Crippen LogP contribution >= 0.6 is 15.9 Å². The Balaban J connectivity index is 1.63. The lowest BCUT2D eigenvalue weighted by Gasteiger charge is -2.36. The van der Waals surface area contributed by atoms with Crippen molar-refractivity contribution in [1.82, 2.24) is 4.90 Å². The van der Waals surface area contributed by atoms with E-state index in [4.69, 9.17) is 9.47 Å². The van der Waals surface area contributed by atoms with E-state index in [1.807, 2.05) is 54.6 Å². The second-order valence-corrected chi connectivity index (χ2v) is 7.07. The first-order valence-electron chi connectivity index (χ1n) is 8.48. The second kappa shape index (κ2) is 7.40. The molecule has 2 heterocycles. The maximum absolute atomic E-state index is 12.8. The van der Waals surface area contributed by atoms with E-state index in [0.29, 0.717) is 0 Å². The van der Waals surface area contributed by atoms with Crippen molar-refractivity contribution in [2.24, 2.45) is 0 Å². The van der Waals surface area contributed by atoms with Crippen molar-refractivity contribution in [3.05, 3.63) is 89.6 Å². The van der Waals surface area contributed by atoms with Crippen molar-refractivity contribution >= 4 is 32.5 Å². The number of esters is 1. The molecule has 0 saturated carbocycles. The first kappa shape index (κ1) is 17.5. The van der Waals surface area contributed by atoms with Crippen molar-refractivity contribution in [3.8, 4) is 0 Å². The number of hydrogen-bond donors (Lipinski definition) is 0. The van der Waals surface area contributed by atoms with Crippen LogP contribution in [0.3, 0.4) is 0 Å². The molecule has 2 aliphatic rings. The molecule has 136 valence electrons. The number of rotatable bonds is 3. The van der Waals surface area contributed by atoms with Crippen LogP contribution in [0.2, 0.25) is 0 Å². The van der Waals surface area contributed by atoms with Crippen molar-refractivity contribution < 1.29 is 19.1 Å². The molecular formula is C21H16BrNO4. The van der Waals surface area contributed by atoms with Crippen LogP contribution in [-0.2, 0) is 20.9 Å². The Labute approximate surface area is 165 Å². The first-order chi connectivity index (χ1) is 13.1. The van der Waals surface area contributed by atoms with Crippen LogP contribution < -0.4 is 0 Å². The van der Waals surface area contributed by atoms with E-state index in [9.17, 15) is 9.59 Å². The number of cyclic esters (lactones) is 1. The van der Waals surface area contributed by atoms with Gasteiger partial charge in [-0.15, -0.1) is 0 Å². The quantitative estimate of drug-likeness (QED) is 0.676. The standard InChI is InChI=1S/C21H16BrNO4/c22-17-12-23(21(25)26-13-14-6-2-1-3-7-14)20(18-10-11-19(24)27-18)16-9-5-4-8-15(16)17/h1-12,18,20H,13H2/t18-,20-/m1/s1. The van der Waals surface area contributed by atoms with Gasteiger partial charge in [0.05, 0.1) is 0 Å². The fourth-order valence-corrected chi connectivity index (χ4v) is 3.83. The van der Waals surface area contributed by atoms with Gasteiger partial charge in [0.1, 0.15) is 18.8 Å². The predicted octanol–water partition coefficient (Wildman–Crippen LogP) is 4.56. The highest BCUT2D eigenvalue weighted by molar-refractivity contribution is 9.15. The molecule has 0 radical (unpaired) electrons. The molecule has 5 nitrogen and oxygen atoms in total. The largest absolute Gasteiger partial charge is 0.452 e. The minimum Gasteiger partial charge on any atom is -0.452 e. The SMILES string of the molecule is O=C1C=C[C@H]([C@H]2c3ccccc3C(Br)=CN2C(=O)OCc2ccccc2)O1. The fourth-order valence-electron chi connectivity index (χ4n) is 3.25. The van der Waals surface area contributed by atoms with Crippen molar-refractivity contribution in [3.63, 3.8) is 0 Å². The van der Waals surface area contributed by atoms with Crippen LogP contribution in [0.4, 0.5) is 4.79 Å². The number of fused-ring (bicyclic) bond motifs is 1. The monoisotopic (exact) mass is 425 g/mol. The number of nitrogens with zero attached hydrogens (tertiary/aromatic N) is 1. The van der Waals surface area contributed by atoms with Gasteiger partial charge >= 0.3 is 12.1 Å². The van der Waals surface area contributed by atoms with Gasteiger partial charge in [-0.3, -0.25) is 4.90 Å². The molecule has 0 bridgehead atoms. The van der Waals surface area contributed by atoms with Gasteiger partial charge in [-0.05, 0) is 38.7 Å². The maximum atomic E-state index is 12.8. The first-order valence-corrected chi connectivity index (χ1v) is 9.27. The maximum Gasteiger partial charge on any atom is 0.414 e. The van der Waals surface area contributed by atoms with E-state index >= 15 is 0 Å². The summed E-state index contributed by atoms with van der Waals surface area (Å²) in [6.45, 7) is 0.163. The lowest BCUT2D eigenvalue weighted by molar-refractivity contribution is -0.140. The zero-order chi connectivity index (χ0) is 18.8. The number of ether oxygens (including phenoxy) is 2. The minimum absolute atomic E-state index is 0.163. The van der Waals surface area contributed by atoms with E-state index in [0.717, 1.165) is 21.2 Å². The fraction of sp³-hybridized carbons (Fsp3) is 0.143. The Morgan fingerprint density at radius 3 is 2.59 bits per heavy atom. The average molecular weight is 426 g/mol. The summed E-state index contributed by atoms with van der Waals surface area (Å²) in [6, 6.07) is 16.7. The average Bonchev–Trinajstić information content (AvgIpc) is 3.12. The van der Waals surface area contributed by atoms with Crippen molar-refractivity contribution in [2.45, 2.75) is 18.8 Å². The van der Waals surface area contributed by atoms with Gasteiger partial charge in [-0.25, -0.2) is 9.59 Å². The molecule has 0 saturated heterocycles. The van der Waals surface area contributed by atoms with Gasteiger partial charge in [0.2, 0.25) is 0 Å². The molecule has 0 spiro atoms. The molecule has 0 aliphatic carbocycles. The summed E-state index contributed by atoms with van der Waals surface area (Å²) < 4.78 is 11.7. The number of halogens is 1. The summed E-state index contributed by atoms with van der Waals surface area (Å²) >= 11 is 3.53. The highest BCUT2D eigenvalue weighted by Crippen LogP contribution is 2.41. The molecule has 2 aromatic carbocycles. The summed E-state index contributed by atoms with van der Waals surface area (Å²) in [5.41, 5.74) is 2.73. The van der Waals surface area contributed by atoms with E-state index in [1.165, 1.54) is 11.0 Å².